The first-order valence-corrected chi connectivity index (χ1v) is 8.81. The number of anilines is 1. The van der Waals surface area contributed by atoms with Crippen molar-refractivity contribution >= 4 is 29.2 Å². The normalized spacial score (nSPS) is 13.3. The van der Waals surface area contributed by atoms with Gasteiger partial charge in [0.05, 0.1) is 12.2 Å². The summed E-state index contributed by atoms with van der Waals surface area (Å²) in [6, 6.07) is 7.96. The summed E-state index contributed by atoms with van der Waals surface area (Å²) < 4.78 is 5.81. The zero-order valence-corrected chi connectivity index (χ0v) is 15.4. The number of ether oxygens (including phenoxy) is 1. The minimum Gasteiger partial charge on any atom is -0.493 e. The van der Waals surface area contributed by atoms with Gasteiger partial charge in [0, 0.05) is 21.8 Å². The number of aromatic carboxylic acids is 1. The van der Waals surface area contributed by atoms with Gasteiger partial charge in [-0.15, -0.1) is 0 Å². The molecule has 0 bridgehead atoms. The summed E-state index contributed by atoms with van der Waals surface area (Å²) in [4.78, 5) is 23.7. The fourth-order valence-corrected chi connectivity index (χ4v) is 2.82. The fourth-order valence-electron chi connectivity index (χ4n) is 2.61. The van der Waals surface area contributed by atoms with Gasteiger partial charge in [-0.3, -0.25) is 4.79 Å². The topological polar surface area (TPSA) is 75.6 Å². The molecule has 3 rings (SSSR count). The average molecular weight is 374 g/mol. The van der Waals surface area contributed by atoms with E-state index in [2.05, 4.69) is 5.32 Å². The van der Waals surface area contributed by atoms with E-state index in [1.165, 1.54) is 18.9 Å². The molecule has 0 atom stereocenters. The molecule has 2 N–H and O–H groups in total. The molecule has 6 heteroatoms. The van der Waals surface area contributed by atoms with Gasteiger partial charge >= 0.3 is 5.97 Å². The number of nitrogens with one attached hydrogen (secondary N) is 1. The lowest BCUT2D eigenvalue weighted by Gasteiger charge is -2.13. The number of rotatable bonds is 6. The summed E-state index contributed by atoms with van der Waals surface area (Å²) in [6.07, 6.45) is 2.36. The Morgan fingerprint density at radius 2 is 1.96 bits per heavy atom. The number of hydrogen-bond acceptors (Lipinski definition) is 3. The SMILES string of the molecule is Cc1cc(NC(=O)c2cc(Cl)c(C)c(OCC3CC3)c2)ccc1C(=O)O. The van der Waals surface area contributed by atoms with Gasteiger partial charge in [-0.05, 0) is 68.5 Å². The molecule has 2 aromatic rings. The summed E-state index contributed by atoms with van der Waals surface area (Å²) in [7, 11) is 0. The van der Waals surface area contributed by atoms with Crippen molar-refractivity contribution in [2.45, 2.75) is 26.7 Å². The van der Waals surface area contributed by atoms with E-state index in [1.54, 1.807) is 31.2 Å². The van der Waals surface area contributed by atoms with E-state index in [1.807, 2.05) is 6.92 Å². The van der Waals surface area contributed by atoms with Crippen molar-refractivity contribution in [3.05, 3.63) is 57.6 Å². The third-order valence-corrected chi connectivity index (χ3v) is 4.84. The molecule has 0 unspecified atom stereocenters. The Morgan fingerprint density at radius 1 is 1.23 bits per heavy atom. The number of carbonyl (C=O) groups is 2. The number of benzene rings is 2. The van der Waals surface area contributed by atoms with Crippen molar-refractivity contribution in [1.29, 1.82) is 0 Å². The molecular weight excluding hydrogens is 354 g/mol. The molecule has 1 fully saturated rings. The molecule has 26 heavy (non-hydrogen) atoms. The second kappa shape index (κ2) is 7.38. The maximum Gasteiger partial charge on any atom is 0.335 e. The van der Waals surface area contributed by atoms with Crippen molar-refractivity contribution < 1.29 is 19.4 Å². The molecule has 0 radical (unpaired) electrons. The number of hydrogen-bond donors (Lipinski definition) is 2. The Kier molecular flexibility index (Phi) is 5.18. The maximum atomic E-state index is 12.6. The van der Waals surface area contributed by atoms with Crippen LogP contribution >= 0.6 is 11.6 Å². The third-order valence-electron chi connectivity index (χ3n) is 4.44. The van der Waals surface area contributed by atoms with Gasteiger partial charge in [-0.1, -0.05) is 11.6 Å². The highest BCUT2D eigenvalue weighted by molar-refractivity contribution is 6.32. The maximum absolute atomic E-state index is 12.6. The summed E-state index contributed by atoms with van der Waals surface area (Å²) >= 11 is 6.25. The Bertz CT molecular complexity index is 874. The second-order valence-electron chi connectivity index (χ2n) is 6.62. The minimum atomic E-state index is -0.997. The number of halogens is 1. The van der Waals surface area contributed by atoms with Gasteiger partial charge in [0.1, 0.15) is 5.75 Å². The molecule has 0 heterocycles. The lowest BCUT2D eigenvalue weighted by molar-refractivity contribution is 0.0696. The number of amides is 1. The molecule has 1 saturated carbocycles. The van der Waals surface area contributed by atoms with Crippen LogP contribution < -0.4 is 10.1 Å². The first-order valence-electron chi connectivity index (χ1n) is 8.43. The van der Waals surface area contributed by atoms with Crippen LogP contribution in [0.2, 0.25) is 5.02 Å². The minimum absolute atomic E-state index is 0.206. The van der Waals surface area contributed by atoms with Crippen LogP contribution in [0.5, 0.6) is 5.75 Å². The number of carboxylic acid groups (broad SMARTS) is 1. The largest absolute Gasteiger partial charge is 0.493 e. The Balaban J connectivity index is 1.78. The van der Waals surface area contributed by atoms with Crippen molar-refractivity contribution in [3.8, 4) is 5.75 Å². The number of aryl methyl sites for hydroxylation is 1. The monoisotopic (exact) mass is 373 g/mol. The van der Waals surface area contributed by atoms with E-state index < -0.39 is 5.97 Å². The summed E-state index contributed by atoms with van der Waals surface area (Å²) in [5.41, 5.74) is 2.51. The van der Waals surface area contributed by atoms with Crippen LogP contribution in [-0.2, 0) is 0 Å². The van der Waals surface area contributed by atoms with E-state index in [0.29, 0.717) is 40.1 Å². The summed E-state index contributed by atoms with van der Waals surface area (Å²) in [5.74, 6) is -0.109. The van der Waals surface area contributed by atoms with Gasteiger partial charge < -0.3 is 15.2 Å². The van der Waals surface area contributed by atoms with Crippen molar-refractivity contribution in [1.82, 2.24) is 0 Å². The average Bonchev–Trinajstić information content (AvgIpc) is 3.40. The highest BCUT2D eigenvalue weighted by Crippen LogP contribution is 2.33. The molecule has 2 aromatic carbocycles. The molecular formula is C20H20ClNO4. The van der Waals surface area contributed by atoms with Gasteiger partial charge in [-0.25, -0.2) is 4.79 Å². The molecule has 1 amide bonds. The van der Waals surface area contributed by atoms with Gasteiger partial charge in [0.2, 0.25) is 0 Å². The molecule has 5 nitrogen and oxygen atoms in total. The number of carboxylic acids is 1. The van der Waals surface area contributed by atoms with Gasteiger partial charge in [0.15, 0.2) is 0 Å². The van der Waals surface area contributed by atoms with Crippen molar-refractivity contribution in [2.75, 3.05) is 11.9 Å². The molecule has 1 aliphatic rings. The molecule has 0 aliphatic heterocycles. The van der Waals surface area contributed by atoms with Crippen LogP contribution in [0, 0.1) is 19.8 Å². The van der Waals surface area contributed by atoms with Gasteiger partial charge in [0.25, 0.3) is 5.91 Å². The zero-order valence-electron chi connectivity index (χ0n) is 14.6. The van der Waals surface area contributed by atoms with Crippen LogP contribution in [0.15, 0.2) is 30.3 Å². The van der Waals surface area contributed by atoms with Crippen molar-refractivity contribution in [2.24, 2.45) is 5.92 Å². The van der Waals surface area contributed by atoms with E-state index in [-0.39, 0.29) is 11.5 Å². The second-order valence-corrected chi connectivity index (χ2v) is 7.03. The van der Waals surface area contributed by atoms with E-state index in [4.69, 9.17) is 21.4 Å². The van der Waals surface area contributed by atoms with Crippen LogP contribution in [0.1, 0.15) is 44.7 Å². The molecule has 0 spiro atoms. The fraction of sp³-hybridized carbons (Fsp3) is 0.300. The van der Waals surface area contributed by atoms with E-state index in [9.17, 15) is 9.59 Å². The zero-order chi connectivity index (χ0) is 18.8. The lowest BCUT2D eigenvalue weighted by atomic mass is 10.1. The molecule has 136 valence electrons. The quantitative estimate of drug-likeness (QED) is 0.769. The first kappa shape index (κ1) is 18.3. The van der Waals surface area contributed by atoms with E-state index >= 15 is 0 Å². The predicted octanol–water partition coefficient (Wildman–Crippen LogP) is 4.70. The van der Waals surface area contributed by atoms with Crippen LogP contribution in [0.25, 0.3) is 0 Å². The highest BCUT2D eigenvalue weighted by Gasteiger charge is 2.23. The molecule has 1 aliphatic carbocycles. The summed E-state index contributed by atoms with van der Waals surface area (Å²) in [5, 5.41) is 12.3. The van der Waals surface area contributed by atoms with Crippen LogP contribution in [-0.4, -0.2) is 23.6 Å². The lowest BCUT2D eigenvalue weighted by Crippen LogP contribution is -2.13. The Hall–Kier alpha value is -2.53. The Labute approximate surface area is 156 Å². The third kappa shape index (κ3) is 4.17. The van der Waals surface area contributed by atoms with Gasteiger partial charge in [-0.2, -0.15) is 0 Å². The van der Waals surface area contributed by atoms with E-state index in [0.717, 1.165) is 5.56 Å². The Morgan fingerprint density at radius 3 is 2.58 bits per heavy atom. The highest BCUT2D eigenvalue weighted by atomic mass is 35.5. The van der Waals surface area contributed by atoms with Crippen molar-refractivity contribution in [3.63, 3.8) is 0 Å². The predicted molar refractivity (Wildman–Crippen MR) is 100 cm³/mol. The van der Waals surface area contributed by atoms with Crippen LogP contribution in [0.3, 0.4) is 0 Å². The smallest absolute Gasteiger partial charge is 0.335 e. The molecule has 0 aromatic heterocycles. The standard InChI is InChI=1S/C20H20ClNO4/c1-11-7-15(5-6-16(11)20(24)25)22-19(23)14-8-17(21)12(2)18(9-14)26-10-13-3-4-13/h5-9,13H,3-4,10H2,1-2H3,(H,22,23)(H,24,25). The van der Waals surface area contributed by atoms with Crippen LogP contribution in [0.4, 0.5) is 5.69 Å². The molecule has 0 saturated heterocycles. The number of carbonyl (C=O) groups excluding carboxylic acids is 1. The first-order chi connectivity index (χ1) is 12.3. The summed E-state index contributed by atoms with van der Waals surface area (Å²) in [6.45, 7) is 4.18.